The van der Waals surface area contributed by atoms with Crippen LogP contribution in [0.25, 0.3) is 11.2 Å². The van der Waals surface area contributed by atoms with Crippen molar-refractivity contribution in [3.05, 3.63) is 50.2 Å². The molecule has 0 spiro atoms. The lowest BCUT2D eigenvalue weighted by atomic mass is 10.1. The number of aromatic nitrogens is 5. The fourth-order valence-corrected chi connectivity index (χ4v) is 3.43. The minimum Gasteiger partial charge on any atom is -0.456 e. The Morgan fingerprint density at radius 3 is 2.41 bits per heavy atom. The average molecular weight is 455 g/mol. The Bertz CT molecular complexity index is 1340. The molecule has 0 aliphatic rings. The normalized spacial score (nSPS) is 11.8. The molecule has 3 aromatic rings. The summed E-state index contributed by atoms with van der Waals surface area (Å²) in [5.74, 6) is -1.52. The van der Waals surface area contributed by atoms with Crippen LogP contribution in [0.4, 0.5) is 13.2 Å². The van der Waals surface area contributed by atoms with Crippen LogP contribution >= 0.6 is 0 Å². The van der Waals surface area contributed by atoms with Gasteiger partial charge in [-0.25, -0.2) is 9.78 Å². The van der Waals surface area contributed by atoms with E-state index in [2.05, 4.69) is 4.98 Å². The van der Waals surface area contributed by atoms with Crippen molar-refractivity contribution in [1.29, 1.82) is 0 Å². The van der Waals surface area contributed by atoms with Gasteiger partial charge in [0.2, 0.25) is 5.78 Å². The van der Waals surface area contributed by atoms with Gasteiger partial charge in [-0.1, -0.05) is 0 Å². The fraction of sp³-hybridized carbons (Fsp3) is 0.421. The lowest BCUT2D eigenvalue weighted by molar-refractivity contribution is -0.143. The van der Waals surface area contributed by atoms with Crippen LogP contribution in [0.3, 0.4) is 0 Å². The Morgan fingerprint density at radius 2 is 1.78 bits per heavy atom. The molecule has 3 aromatic heterocycles. The first-order valence-corrected chi connectivity index (χ1v) is 9.35. The van der Waals surface area contributed by atoms with Gasteiger partial charge in [-0.15, -0.1) is 0 Å². The monoisotopic (exact) mass is 455 g/mol. The molecule has 13 heteroatoms. The number of hydrogen-bond acceptors (Lipinski definition) is 6. The number of aryl methyl sites for hydroxylation is 2. The molecule has 0 unspecified atom stereocenters. The van der Waals surface area contributed by atoms with Crippen LogP contribution in [0.1, 0.15) is 21.7 Å². The van der Waals surface area contributed by atoms with Gasteiger partial charge in [0.15, 0.2) is 17.8 Å². The third-order valence-corrected chi connectivity index (χ3v) is 5.09. The summed E-state index contributed by atoms with van der Waals surface area (Å²) in [4.78, 5) is 53.0. The van der Waals surface area contributed by atoms with Gasteiger partial charge in [0.1, 0.15) is 13.1 Å². The molecule has 0 saturated heterocycles. The van der Waals surface area contributed by atoms with Crippen LogP contribution in [0.5, 0.6) is 0 Å². The molecule has 0 bridgehead atoms. The summed E-state index contributed by atoms with van der Waals surface area (Å²) in [6.07, 6.45) is -3.26. The van der Waals surface area contributed by atoms with Crippen molar-refractivity contribution in [3.8, 4) is 0 Å². The number of carbonyl (C=O) groups excluding carboxylic acids is 2. The zero-order valence-corrected chi connectivity index (χ0v) is 17.7. The maximum atomic E-state index is 12.7. The number of nitrogens with zero attached hydrogens (tertiary/aromatic N) is 5. The summed E-state index contributed by atoms with van der Waals surface area (Å²) in [5, 5.41) is 0. The van der Waals surface area contributed by atoms with Crippen LogP contribution in [-0.2, 0) is 36.7 Å². The fourth-order valence-electron chi connectivity index (χ4n) is 3.43. The number of hydrogen-bond donors (Lipinski definition) is 0. The summed E-state index contributed by atoms with van der Waals surface area (Å²) >= 11 is 0. The number of rotatable bonds is 6. The predicted octanol–water partition coefficient (Wildman–Crippen LogP) is 0.840. The zero-order valence-electron chi connectivity index (χ0n) is 17.7. The summed E-state index contributed by atoms with van der Waals surface area (Å²) < 4.78 is 47.3. The van der Waals surface area contributed by atoms with E-state index in [9.17, 15) is 32.3 Å². The Morgan fingerprint density at radius 1 is 1.12 bits per heavy atom. The van der Waals surface area contributed by atoms with Crippen LogP contribution in [0, 0.1) is 13.8 Å². The smallest absolute Gasteiger partial charge is 0.406 e. The first-order chi connectivity index (χ1) is 14.8. The third kappa shape index (κ3) is 4.22. The van der Waals surface area contributed by atoms with Crippen molar-refractivity contribution in [2.24, 2.45) is 14.1 Å². The quantitative estimate of drug-likeness (QED) is 0.403. The van der Waals surface area contributed by atoms with Crippen LogP contribution in [0.2, 0.25) is 0 Å². The predicted molar refractivity (Wildman–Crippen MR) is 105 cm³/mol. The number of alkyl halides is 3. The van der Waals surface area contributed by atoms with Gasteiger partial charge >= 0.3 is 17.8 Å². The highest BCUT2D eigenvalue weighted by atomic mass is 19.4. The van der Waals surface area contributed by atoms with Crippen molar-refractivity contribution in [1.82, 2.24) is 23.3 Å². The molecule has 3 heterocycles. The van der Waals surface area contributed by atoms with E-state index in [1.165, 1.54) is 44.9 Å². The van der Waals surface area contributed by atoms with E-state index in [0.29, 0.717) is 0 Å². The van der Waals surface area contributed by atoms with Crippen LogP contribution in [-0.4, -0.2) is 47.8 Å². The third-order valence-electron chi connectivity index (χ3n) is 5.09. The zero-order chi connectivity index (χ0) is 24.0. The molecule has 10 nitrogen and oxygen atoms in total. The van der Waals surface area contributed by atoms with Crippen LogP contribution < -0.4 is 11.2 Å². The number of Topliss-reactive ketones (excluding diaryl/α,β-unsaturated/α-hetero) is 1. The van der Waals surface area contributed by atoms with E-state index in [1.54, 1.807) is 0 Å². The molecule has 0 aliphatic heterocycles. The molecule has 0 aromatic carbocycles. The Balaban J connectivity index is 1.74. The molecular weight excluding hydrogens is 435 g/mol. The minimum absolute atomic E-state index is 0.00794. The molecule has 32 heavy (non-hydrogen) atoms. The van der Waals surface area contributed by atoms with Gasteiger partial charge in [-0.3, -0.25) is 23.5 Å². The number of ether oxygens (including phenoxy) is 1. The van der Waals surface area contributed by atoms with Crippen LogP contribution in [0.15, 0.2) is 22.0 Å². The molecule has 0 amide bonds. The van der Waals surface area contributed by atoms with E-state index in [-0.39, 0.29) is 28.1 Å². The van der Waals surface area contributed by atoms with Crippen molar-refractivity contribution >= 4 is 22.9 Å². The number of carbonyl (C=O) groups is 2. The lowest BCUT2D eigenvalue weighted by Gasteiger charge is -2.12. The molecule has 0 saturated carbocycles. The summed E-state index contributed by atoms with van der Waals surface area (Å²) in [6.45, 7) is 0.455. The Kier molecular flexibility index (Phi) is 5.85. The second-order valence-corrected chi connectivity index (χ2v) is 7.32. The molecular formula is C19H20F3N5O5. The van der Waals surface area contributed by atoms with Gasteiger partial charge in [-0.2, -0.15) is 13.2 Å². The van der Waals surface area contributed by atoms with Crippen molar-refractivity contribution in [2.75, 3.05) is 6.61 Å². The topological polar surface area (TPSA) is 110 Å². The summed E-state index contributed by atoms with van der Waals surface area (Å²) in [6, 6.07) is 1.31. The van der Waals surface area contributed by atoms with Gasteiger partial charge in [0.05, 0.1) is 6.33 Å². The number of imidazole rings is 1. The maximum Gasteiger partial charge on any atom is 0.406 e. The van der Waals surface area contributed by atoms with E-state index < -0.39 is 48.9 Å². The largest absolute Gasteiger partial charge is 0.456 e. The van der Waals surface area contributed by atoms with Gasteiger partial charge in [0.25, 0.3) is 5.56 Å². The van der Waals surface area contributed by atoms with E-state index >= 15 is 0 Å². The van der Waals surface area contributed by atoms with Gasteiger partial charge in [-0.05, 0) is 19.9 Å². The minimum atomic E-state index is -4.45. The van der Waals surface area contributed by atoms with Crippen molar-refractivity contribution in [3.63, 3.8) is 0 Å². The summed E-state index contributed by atoms with van der Waals surface area (Å²) in [7, 11) is 2.71. The van der Waals surface area contributed by atoms with E-state index in [1.807, 2.05) is 0 Å². The number of ketones is 1. The van der Waals surface area contributed by atoms with Gasteiger partial charge in [0, 0.05) is 31.0 Å². The molecule has 0 fully saturated rings. The lowest BCUT2D eigenvalue weighted by Crippen LogP contribution is -2.37. The van der Waals surface area contributed by atoms with Gasteiger partial charge < -0.3 is 13.9 Å². The molecule has 3 rings (SSSR count). The highest BCUT2D eigenvalue weighted by Gasteiger charge is 2.30. The van der Waals surface area contributed by atoms with E-state index in [0.717, 1.165) is 13.7 Å². The highest BCUT2D eigenvalue weighted by molar-refractivity contribution is 5.99. The van der Waals surface area contributed by atoms with Crippen molar-refractivity contribution < 1.29 is 27.5 Å². The first-order valence-electron chi connectivity index (χ1n) is 9.35. The molecule has 0 radical (unpaired) electrons. The molecule has 0 aliphatic carbocycles. The molecule has 0 N–H and O–H groups in total. The molecule has 172 valence electrons. The second-order valence-electron chi connectivity index (χ2n) is 7.32. The van der Waals surface area contributed by atoms with E-state index in [4.69, 9.17) is 4.74 Å². The average Bonchev–Trinajstić information content (AvgIpc) is 3.24. The Labute approximate surface area is 178 Å². The second kappa shape index (κ2) is 8.13. The summed E-state index contributed by atoms with van der Waals surface area (Å²) in [5.41, 5.74) is -0.749. The maximum absolute atomic E-state index is 12.7. The Hall–Kier alpha value is -3.64. The number of fused-ring (bicyclic) bond motifs is 1. The van der Waals surface area contributed by atoms with Crippen molar-refractivity contribution in [2.45, 2.75) is 33.1 Å². The SMILES string of the molecule is Cc1cc(C(=O)COC(=O)Cn2cnc3c2c(=O)n(C)c(=O)n3C)c(C)n1CC(F)(F)F. The number of halogens is 3. The molecule has 0 atom stereocenters. The first kappa shape index (κ1) is 23.0. The standard InChI is InChI=1S/C19H20F3N5O5/c1-10-5-12(11(2)27(10)8-19(20,21)22)13(28)7-32-14(29)6-26-9-23-16-15(26)17(30)25(4)18(31)24(16)3/h5,9H,6-8H2,1-4H3. The number of esters is 1. The highest BCUT2D eigenvalue weighted by Crippen LogP contribution is 2.23.